The molecule has 0 radical (unpaired) electrons. The van der Waals surface area contributed by atoms with Crippen molar-refractivity contribution in [1.82, 2.24) is 15.0 Å². The third-order valence-corrected chi connectivity index (χ3v) is 4.92. The molecule has 0 N–H and O–H groups in total. The van der Waals surface area contributed by atoms with Gasteiger partial charge in [-0.25, -0.2) is 0 Å². The Kier molecular flexibility index (Phi) is 6.12. The topological polar surface area (TPSA) is 81.6 Å². The monoisotopic (exact) mass is 417 g/mol. The SMILES string of the molecule is COc1ccc(-c2noc(CCN(Cc3ccco3)C(=O)c3ccc(C)cc3)n2)cc1. The summed E-state index contributed by atoms with van der Waals surface area (Å²) >= 11 is 0. The van der Waals surface area contributed by atoms with Crippen molar-refractivity contribution >= 4 is 5.91 Å². The highest BCUT2D eigenvalue weighted by Gasteiger charge is 2.19. The lowest BCUT2D eigenvalue weighted by Crippen LogP contribution is -2.32. The highest BCUT2D eigenvalue weighted by atomic mass is 16.5. The number of ether oxygens (including phenoxy) is 1. The Hall–Kier alpha value is -3.87. The Morgan fingerprint density at radius 2 is 1.84 bits per heavy atom. The number of aryl methyl sites for hydroxylation is 1. The predicted octanol–water partition coefficient (Wildman–Crippen LogP) is 4.53. The van der Waals surface area contributed by atoms with E-state index in [1.165, 1.54) is 0 Å². The van der Waals surface area contributed by atoms with Gasteiger partial charge in [0.05, 0.1) is 19.9 Å². The molecule has 4 aromatic rings. The number of benzene rings is 2. The van der Waals surface area contributed by atoms with Crippen LogP contribution in [0.15, 0.2) is 75.9 Å². The zero-order valence-corrected chi connectivity index (χ0v) is 17.4. The smallest absolute Gasteiger partial charge is 0.254 e. The Morgan fingerprint density at radius 1 is 1.06 bits per heavy atom. The van der Waals surface area contributed by atoms with Crippen molar-refractivity contribution in [3.63, 3.8) is 0 Å². The first-order valence-electron chi connectivity index (χ1n) is 9.98. The van der Waals surface area contributed by atoms with Gasteiger partial charge in [0.1, 0.15) is 11.5 Å². The summed E-state index contributed by atoms with van der Waals surface area (Å²) in [7, 11) is 1.62. The molecule has 2 aromatic heterocycles. The second-order valence-electron chi connectivity index (χ2n) is 7.16. The minimum Gasteiger partial charge on any atom is -0.497 e. The number of furan rings is 1. The van der Waals surface area contributed by atoms with E-state index in [2.05, 4.69) is 10.1 Å². The van der Waals surface area contributed by atoms with Crippen molar-refractivity contribution in [3.05, 3.63) is 89.7 Å². The molecule has 7 nitrogen and oxygen atoms in total. The van der Waals surface area contributed by atoms with Crippen LogP contribution in [0.1, 0.15) is 27.6 Å². The number of amides is 1. The molecule has 0 fully saturated rings. The lowest BCUT2D eigenvalue weighted by atomic mass is 10.1. The van der Waals surface area contributed by atoms with Gasteiger partial charge in [-0.1, -0.05) is 22.9 Å². The van der Waals surface area contributed by atoms with Crippen LogP contribution in [0.2, 0.25) is 0 Å². The van der Waals surface area contributed by atoms with Crippen molar-refractivity contribution in [3.8, 4) is 17.1 Å². The number of methoxy groups -OCH3 is 1. The number of carbonyl (C=O) groups excluding carboxylic acids is 1. The summed E-state index contributed by atoms with van der Waals surface area (Å²) in [5, 5.41) is 4.06. The van der Waals surface area contributed by atoms with Crippen LogP contribution in [-0.2, 0) is 13.0 Å². The van der Waals surface area contributed by atoms with E-state index in [4.69, 9.17) is 13.7 Å². The maximum Gasteiger partial charge on any atom is 0.254 e. The summed E-state index contributed by atoms with van der Waals surface area (Å²) in [5.41, 5.74) is 2.56. The highest BCUT2D eigenvalue weighted by Crippen LogP contribution is 2.20. The van der Waals surface area contributed by atoms with Crippen LogP contribution in [0, 0.1) is 6.92 Å². The fourth-order valence-electron chi connectivity index (χ4n) is 3.17. The molecule has 0 spiro atoms. The van der Waals surface area contributed by atoms with Gasteiger partial charge in [-0.2, -0.15) is 4.98 Å². The number of nitrogens with zero attached hydrogens (tertiary/aromatic N) is 3. The first-order chi connectivity index (χ1) is 15.1. The quantitative estimate of drug-likeness (QED) is 0.419. The first-order valence-corrected chi connectivity index (χ1v) is 9.98. The first kappa shape index (κ1) is 20.4. The Bertz CT molecular complexity index is 1120. The van der Waals surface area contributed by atoms with Crippen molar-refractivity contribution in [2.75, 3.05) is 13.7 Å². The summed E-state index contributed by atoms with van der Waals surface area (Å²) in [6.07, 6.45) is 2.03. The molecule has 2 heterocycles. The molecule has 0 aliphatic heterocycles. The van der Waals surface area contributed by atoms with Crippen LogP contribution in [0.3, 0.4) is 0 Å². The van der Waals surface area contributed by atoms with E-state index in [0.29, 0.717) is 42.5 Å². The Labute approximate surface area is 180 Å². The van der Waals surface area contributed by atoms with Gasteiger partial charge in [0.2, 0.25) is 11.7 Å². The van der Waals surface area contributed by atoms with Crippen LogP contribution in [0.5, 0.6) is 5.75 Å². The molecular formula is C24H23N3O4. The fourth-order valence-corrected chi connectivity index (χ4v) is 3.17. The lowest BCUT2D eigenvalue weighted by Gasteiger charge is -2.21. The molecule has 1 amide bonds. The summed E-state index contributed by atoms with van der Waals surface area (Å²) in [6.45, 7) is 2.77. The third kappa shape index (κ3) is 5.01. The second-order valence-corrected chi connectivity index (χ2v) is 7.16. The van der Waals surface area contributed by atoms with E-state index in [-0.39, 0.29) is 5.91 Å². The van der Waals surface area contributed by atoms with E-state index in [1.807, 2.05) is 67.6 Å². The summed E-state index contributed by atoms with van der Waals surface area (Å²) in [6, 6.07) is 18.6. The lowest BCUT2D eigenvalue weighted by molar-refractivity contribution is 0.0730. The van der Waals surface area contributed by atoms with Gasteiger partial charge in [0, 0.05) is 24.1 Å². The molecule has 0 bridgehead atoms. The zero-order valence-electron chi connectivity index (χ0n) is 17.4. The van der Waals surface area contributed by atoms with Crippen molar-refractivity contribution in [2.45, 2.75) is 19.9 Å². The molecule has 2 aromatic carbocycles. The molecule has 0 aliphatic carbocycles. The Morgan fingerprint density at radius 3 is 2.52 bits per heavy atom. The average Bonchev–Trinajstić information content (AvgIpc) is 3.49. The number of aromatic nitrogens is 2. The summed E-state index contributed by atoms with van der Waals surface area (Å²) < 4.78 is 16.0. The van der Waals surface area contributed by atoms with Crippen molar-refractivity contribution in [2.24, 2.45) is 0 Å². The van der Waals surface area contributed by atoms with Crippen LogP contribution in [0.4, 0.5) is 0 Å². The standard InChI is InChI=1S/C24H23N3O4/c1-17-5-7-19(8-6-17)24(28)27(16-21-4-3-15-30-21)14-13-22-25-23(26-31-22)18-9-11-20(29-2)12-10-18/h3-12,15H,13-14,16H2,1-2H3. The number of hydrogen-bond donors (Lipinski definition) is 0. The molecule has 158 valence electrons. The van der Waals surface area contributed by atoms with Crippen LogP contribution >= 0.6 is 0 Å². The zero-order chi connectivity index (χ0) is 21.6. The largest absolute Gasteiger partial charge is 0.497 e. The number of rotatable bonds is 8. The van der Waals surface area contributed by atoms with Gasteiger partial charge in [-0.05, 0) is 55.5 Å². The minimum absolute atomic E-state index is 0.0775. The van der Waals surface area contributed by atoms with Gasteiger partial charge in [-0.15, -0.1) is 0 Å². The van der Waals surface area contributed by atoms with Gasteiger partial charge < -0.3 is 18.6 Å². The van der Waals surface area contributed by atoms with Crippen LogP contribution in [0.25, 0.3) is 11.4 Å². The minimum atomic E-state index is -0.0775. The second kappa shape index (κ2) is 9.30. The molecule has 31 heavy (non-hydrogen) atoms. The van der Waals surface area contributed by atoms with E-state index < -0.39 is 0 Å². The molecule has 0 saturated carbocycles. The summed E-state index contributed by atoms with van der Waals surface area (Å²) in [5.74, 6) is 2.36. The highest BCUT2D eigenvalue weighted by molar-refractivity contribution is 5.94. The maximum absolute atomic E-state index is 13.1. The van der Waals surface area contributed by atoms with Gasteiger partial charge >= 0.3 is 0 Å². The molecule has 0 aliphatic rings. The van der Waals surface area contributed by atoms with Crippen LogP contribution in [-0.4, -0.2) is 34.6 Å². The fraction of sp³-hybridized carbons (Fsp3) is 0.208. The number of carbonyl (C=O) groups is 1. The molecule has 0 atom stereocenters. The van der Waals surface area contributed by atoms with Crippen LogP contribution < -0.4 is 4.74 Å². The predicted molar refractivity (Wildman–Crippen MR) is 115 cm³/mol. The normalized spacial score (nSPS) is 10.8. The molecule has 0 saturated heterocycles. The molecule has 4 rings (SSSR count). The van der Waals surface area contributed by atoms with Gasteiger partial charge in [-0.3, -0.25) is 4.79 Å². The molecule has 0 unspecified atom stereocenters. The maximum atomic E-state index is 13.1. The van der Waals surface area contributed by atoms with E-state index >= 15 is 0 Å². The van der Waals surface area contributed by atoms with E-state index in [1.54, 1.807) is 18.3 Å². The molecular weight excluding hydrogens is 394 g/mol. The van der Waals surface area contributed by atoms with Gasteiger partial charge in [0.15, 0.2) is 0 Å². The third-order valence-electron chi connectivity index (χ3n) is 4.92. The van der Waals surface area contributed by atoms with E-state index in [9.17, 15) is 4.79 Å². The van der Waals surface area contributed by atoms with Crippen molar-refractivity contribution < 1.29 is 18.5 Å². The number of hydrogen-bond acceptors (Lipinski definition) is 6. The average molecular weight is 417 g/mol. The van der Waals surface area contributed by atoms with E-state index in [0.717, 1.165) is 16.9 Å². The van der Waals surface area contributed by atoms with Crippen molar-refractivity contribution in [1.29, 1.82) is 0 Å². The Balaban J connectivity index is 1.47. The summed E-state index contributed by atoms with van der Waals surface area (Å²) in [4.78, 5) is 19.3. The van der Waals surface area contributed by atoms with Gasteiger partial charge in [0.25, 0.3) is 5.91 Å². The molecule has 7 heteroatoms.